The summed E-state index contributed by atoms with van der Waals surface area (Å²) in [6.07, 6.45) is 16.9. The summed E-state index contributed by atoms with van der Waals surface area (Å²) in [5.41, 5.74) is 0. The summed E-state index contributed by atoms with van der Waals surface area (Å²) in [5, 5.41) is 0. The van der Waals surface area contributed by atoms with Crippen LogP contribution in [0.4, 0.5) is 0 Å². The third-order valence-corrected chi connectivity index (χ3v) is 2.14. The van der Waals surface area contributed by atoms with Crippen molar-refractivity contribution in [1.29, 1.82) is 0 Å². The third kappa shape index (κ3) is 14.3. The summed E-state index contributed by atoms with van der Waals surface area (Å²) >= 11 is 0. The molecule has 0 atom stereocenters. The second kappa shape index (κ2) is 14.3. The molecule has 0 rings (SSSR count). The van der Waals surface area contributed by atoms with Crippen molar-refractivity contribution >= 4 is 0 Å². The molecule has 0 heteroatoms. The number of hydrogen-bond donors (Lipinski definition) is 0. The van der Waals surface area contributed by atoms with Crippen LogP contribution in [0.15, 0.2) is 37.0 Å². The maximum absolute atomic E-state index is 3.71. The van der Waals surface area contributed by atoms with E-state index < -0.39 is 0 Å². The first-order valence-electron chi connectivity index (χ1n) is 6.27. The lowest BCUT2D eigenvalue weighted by molar-refractivity contribution is 0.696. The molecule has 0 aliphatic heterocycles. The highest BCUT2D eigenvalue weighted by molar-refractivity contribution is 5.30. The molecule has 0 saturated heterocycles. The maximum atomic E-state index is 3.71. The van der Waals surface area contributed by atoms with Gasteiger partial charge < -0.3 is 0 Å². The van der Waals surface area contributed by atoms with Crippen LogP contribution in [0.2, 0.25) is 0 Å². The topological polar surface area (TPSA) is 0 Å². The predicted octanol–water partition coefficient (Wildman–Crippen LogP) is 4.65. The highest BCUT2D eigenvalue weighted by atomic mass is 13.9. The Morgan fingerprint density at radius 3 is 2.59 bits per heavy atom. The average molecular weight is 226 g/mol. The second-order valence-electron chi connectivity index (χ2n) is 3.67. The molecular weight excluding hydrogens is 204 g/mol. The van der Waals surface area contributed by atoms with E-state index in [1.54, 1.807) is 6.08 Å². The summed E-state index contributed by atoms with van der Waals surface area (Å²) in [4.78, 5) is 0. The lowest BCUT2D eigenvalue weighted by atomic mass is 10.1. The van der Waals surface area contributed by atoms with Crippen molar-refractivity contribution in [3.05, 3.63) is 37.0 Å². The molecule has 0 unspecified atom stereocenters. The van der Waals surface area contributed by atoms with Gasteiger partial charge in [0, 0.05) is 6.42 Å². The number of unbranched alkanes of at least 4 members (excludes halogenated alkanes) is 4. The molecule has 0 spiro atoms. The average Bonchev–Trinajstić information content (AvgIpc) is 2.35. The molecule has 0 aromatic heterocycles. The Morgan fingerprint density at radius 2 is 1.82 bits per heavy atom. The molecule has 0 heterocycles. The van der Waals surface area contributed by atoms with E-state index >= 15 is 0 Å². The zero-order valence-electron chi connectivity index (χ0n) is 10.8. The summed E-state index contributed by atoms with van der Waals surface area (Å²) in [6, 6.07) is 0. The Kier molecular flexibility index (Phi) is 12.9. The SMILES string of the molecule is C=CCCCCC/C=C/CC#CC#C/C=C\C. The van der Waals surface area contributed by atoms with Gasteiger partial charge in [0.1, 0.15) is 0 Å². The number of rotatable bonds is 7. The fourth-order valence-electron chi connectivity index (χ4n) is 1.24. The van der Waals surface area contributed by atoms with Gasteiger partial charge in [0.05, 0.1) is 0 Å². The quantitative estimate of drug-likeness (QED) is 0.337. The number of hydrogen-bond acceptors (Lipinski definition) is 0. The van der Waals surface area contributed by atoms with Crippen molar-refractivity contribution in [2.45, 2.75) is 45.4 Å². The third-order valence-electron chi connectivity index (χ3n) is 2.14. The van der Waals surface area contributed by atoms with Crippen LogP contribution < -0.4 is 0 Å². The summed E-state index contributed by atoms with van der Waals surface area (Å²) < 4.78 is 0. The second-order valence-corrected chi connectivity index (χ2v) is 3.67. The van der Waals surface area contributed by atoms with Crippen LogP contribution >= 0.6 is 0 Å². The first-order valence-corrected chi connectivity index (χ1v) is 6.27. The Balaban J connectivity index is 3.42. The van der Waals surface area contributed by atoms with Crippen molar-refractivity contribution in [1.82, 2.24) is 0 Å². The lowest BCUT2D eigenvalue weighted by Gasteiger charge is -1.93. The highest BCUT2D eigenvalue weighted by Crippen LogP contribution is 2.03. The van der Waals surface area contributed by atoms with E-state index in [0.29, 0.717) is 0 Å². The van der Waals surface area contributed by atoms with E-state index in [9.17, 15) is 0 Å². The minimum atomic E-state index is 0.803. The molecule has 0 nitrogen and oxygen atoms in total. The molecule has 0 radical (unpaired) electrons. The van der Waals surface area contributed by atoms with Gasteiger partial charge in [0.25, 0.3) is 0 Å². The molecule has 0 N–H and O–H groups in total. The van der Waals surface area contributed by atoms with Crippen LogP contribution in [-0.4, -0.2) is 0 Å². The Bertz CT molecular complexity index is 347. The predicted molar refractivity (Wildman–Crippen MR) is 77.4 cm³/mol. The zero-order valence-corrected chi connectivity index (χ0v) is 10.8. The Hall–Kier alpha value is -1.66. The number of allylic oxidation sites excluding steroid dienone is 5. The van der Waals surface area contributed by atoms with Crippen molar-refractivity contribution in [2.24, 2.45) is 0 Å². The molecule has 17 heavy (non-hydrogen) atoms. The van der Waals surface area contributed by atoms with E-state index in [0.717, 1.165) is 19.3 Å². The van der Waals surface area contributed by atoms with Gasteiger partial charge in [-0.15, -0.1) is 6.58 Å². The van der Waals surface area contributed by atoms with Crippen LogP contribution in [0, 0.1) is 23.7 Å². The standard InChI is InChI=1S/C17H22/c1-3-5-7-9-11-13-15-17-16-14-12-10-8-6-4-2/h3-4,6,15,17H,1,5,7,9,11,13,16H2,2H3/b6-4-,17-15+. The molecule has 0 bridgehead atoms. The molecule has 0 aromatic carbocycles. The van der Waals surface area contributed by atoms with Crippen LogP contribution in [0.3, 0.4) is 0 Å². The molecular formula is C17H22. The van der Waals surface area contributed by atoms with Crippen LogP contribution in [0.5, 0.6) is 0 Å². The van der Waals surface area contributed by atoms with Crippen molar-refractivity contribution in [3.63, 3.8) is 0 Å². The van der Waals surface area contributed by atoms with Crippen LogP contribution in [0.1, 0.15) is 45.4 Å². The van der Waals surface area contributed by atoms with Gasteiger partial charge in [0.2, 0.25) is 0 Å². The minimum absolute atomic E-state index is 0.803. The molecule has 0 aliphatic carbocycles. The van der Waals surface area contributed by atoms with E-state index in [-0.39, 0.29) is 0 Å². The molecule has 0 aliphatic rings. The normalized spacial score (nSPS) is 9.71. The fraction of sp³-hybridized carbons (Fsp3) is 0.412. The fourth-order valence-corrected chi connectivity index (χ4v) is 1.24. The molecule has 90 valence electrons. The van der Waals surface area contributed by atoms with Crippen LogP contribution in [0.25, 0.3) is 0 Å². The maximum Gasteiger partial charge on any atom is 0.0279 e. The van der Waals surface area contributed by atoms with Gasteiger partial charge >= 0.3 is 0 Å². The monoisotopic (exact) mass is 226 g/mol. The van der Waals surface area contributed by atoms with Gasteiger partial charge in [-0.05, 0) is 50.5 Å². The van der Waals surface area contributed by atoms with Gasteiger partial charge in [0.15, 0.2) is 0 Å². The summed E-state index contributed by atoms with van der Waals surface area (Å²) in [6.45, 7) is 5.65. The van der Waals surface area contributed by atoms with E-state index in [2.05, 4.69) is 42.4 Å². The van der Waals surface area contributed by atoms with Gasteiger partial charge in [-0.3, -0.25) is 0 Å². The molecule has 0 amide bonds. The van der Waals surface area contributed by atoms with Gasteiger partial charge in [-0.2, -0.15) is 0 Å². The van der Waals surface area contributed by atoms with Crippen LogP contribution in [-0.2, 0) is 0 Å². The Labute approximate surface area is 107 Å². The smallest absolute Gasteiger partial charge is 0.0279 e. The molecule has 0 fully saturated rings. The summed E-state index contributed by atoms with van der Waals surface area (Å²) in [7, 11) is 0. The zero-order chi connectivity index (χ0) is 12.6. The minimum Gasteiger partial charge on any atom is -0.103 e. The summed E-state index contributed by atoms with van der Waals surface area (Å²) in [5.74, 6) is 11.4. The molecule has 0 saturated carbocycles. The van der Waals surface area contributed by atoms with Gasteiger partial charge in [-0.25, -0.2) is 0 Å². The van der Waals surface area contributed by atoms with Gasteiger partial charge in [-0.1, -0.05) is 42.6 Å². The van der Waals surface area contributed by atoms with E-state index in [1.807, 2.05) is 19.1 Å². The molecule has 0 aromatic rings. The highest BCUT2D eigenvalue weighted by Gasteiger charge is 1.84. The van der Waals surface area contributed by atoms with Crippen molar-refractivity contribution < 1.29 is 0 Å². The van der Waals surface area contributed by atoms with Crippen molar-refractivity contribution in [2.75, 3.05) is 0 Å². The van der Waals surface area contributed by atoms with E-state index in [1.165, 1.54) is 19.3 Å². The first kappa shape index (κ1) is 15.3. The Morgan fingerprint density at radius 1 is 1.00 bits per heavy atom. The lowest BCUT2D eigenvalue weighted by Crippen LogP contribution is -1.74. The van der Waals surface area contributed by atoms with Crippen molar-refractivity contribution in [3.8, 4) is 23.7 Å². The largest absolute Gasteiger partial charge is 0.103 e. The van der Waals surface area contributed by atoms with E-state index in [4.69, 9.17) is 0 Å². The first-order chi connectivity index (χ1) is 8.41.